The second-order valence-electron chi connectivity index (χ2n) is 6.64. The average Bonchev–Trinajstić information content (AvgIpc) is 2.70. The Balaban J connectivity index is 2.22. The van der Waals surface area contributed by atoms with Crippen molar-refractivity contribution in [2.24, 2.45) is 5.16 Å². The predicted octanol–water partition coefficient (Wildman–Crippen LogP) is 5.31. The Hall–Kier alpha value is -3.47. The van der Waals surface area contributed by atoms with Crippen molar-refractivity contribution in [3.8, 4) is 11.5 Å². The van der Waals surface area contributed by atoms with E-state index in [0.29, 0.717) is 11.8 Å². The lowest BCUT2D eigenvalue weighted by Gasteiger charge is -2.12. The van der Waals surface area contributed by atoms with Crippen molar-refractivity contribution >= 4 is 29.1 Å². The van der Waals surface area contributed by atoms with Crippen molar-refractivity contribution in [2.75, 3.05) is 0 Å². The Kier molecular flexibility index (Phi) is 7.92. The van der Waals surface area contributed by atoms with Gasteiger partial charge in [-0.05, 0) is 44.2 Å². The molecule has 0 N–H and O–H groups in total. The van der Waals surface area contributed by atoms with Gasteiger partial charge in [0.15, 0.2) is 0 Å². The van der Waals surface area contributed by atoms with Crippen LogP contribution in [0.4, 0.5) is 13.2 Å². The molecular formula is C20H16ClF3N2O6. The highest BCUT2D eigenvalue weighted by Crippen LogP contribution is 2.36. The van der Waals surface area contributed by atoms with Crippen LogP contribution in [0.2, 0.25) is 5.02 Å². The molecule has 2 rings (SSSR count). The smallest absolute Gasteiger partial charge is 0.416 e. The van der Waals surface area contributed by atoms with Crippen LogP contribution >= 0.6 is 11.6 Å². The molecule has 0 aliphatic rings. The second-order valence-corrected chi connectivity index (χ2v) is 7.05. The van der Waals surface area contributed by atoms with Gasteiger partial charge in [-0.2, -0.15) is 13.2 Å². The maximum absolute atomic E-state index is 12.8. The number of nitrogens with zero attached hydrogens (tertiary/aromatic N) is 2. The summed E-state index contributed by atoms with van der Waals surface area (Å²) < 4.78 is 43.7. The normalized spacial score (nSPS) is 11.9. The van der Waals surface area contributed by atoms with Crippen molar-refractivity contribution in [1.29, 1.82) is 0 Å². The van der Waals surface area contributed by atoms with Gasteiger partial charge in [-0.15, -0.1) is 0 Å². The molecule has 0 spiro atoms. The first kappa shape index (κ1) is 24.8. The molecule has 0 heterocycles. The number of ether oxygens (including phenoxy) is 1. The van der Waals surface area contributed by atoms with Crippen molar-refractivity contribution in [1.82, 2.24) is 0 Å². The first-order valence-electron chi connectivity index (χ1n) is 8.92. The van der Waals surface area contributed by atoms with Crippen LogP contribution in [0.25, 0.3) is 0 Å². The van der Waals surface area contributed by atoms with Gasteiger partial charge in [0.25, 0.3) is 6.04 Å². The summed E-state index contributed by atoms with van der Waals surface area (Å²) in [7, 11) is 0. The van der Waals surface area contributed by atoms with Gasteiger partial charge in [0, 0.05) is 10.5 Å². The van der Waals surface area contributed by atoms with Crippen LogP contribution in [0.15, 0.2) is 47.6 Å². The molecule has 1 unspecified atom stereocenters. The van der Waals surface area contributed by atoms with E-state index in [1.54, 1.807) is 0 Å². The third-order valence-corrected chi connectivity index (χ3v) is 4.15. The van der Waals surface area contributed by atoms with Gasteiger partial charge in [-0.3, -0.25) is 14.9 Å². The summed E-state index contributed by atoms with van der Waals surface area (Å²) in [5.74, 6) is -2.18. The van der Waals surface area contributed by atoms with Crippen LogP contribution in [0.3, 0.4) is 0 Å². The average molecular weight is 473 g/mol. The van der Waals surface area contributed by atoms with Crippen LogP contribution in [-0.2, 0) is 15.8 Å². The summed E-state index contributed by atoms with van der Waals surface area (Å²) in [6.07, 6.45) is -5.44. The quantitative estimate of drug-likeness (QED) is 0.169. The van der Waals surface area contributed by atoms with Gasteiger partial charge in [-0.1, -0.05) is 28.9 Å². The predicted molar refractivity (Wildman–Crippen MR) is 108 cm³/mol. The lowest BCUT2D eigenvalue weighted by atomic mass is 10.0. The van der Waals surface area contributed by atoms with Crippen molar-refractivity contribution in [3.05, 3.63) is 68.7 Å². The fourth-order valence-electron chi connectivity index (χ4n) is 2.39. The summed E-state index contributed by atoms with van der Waals surface area (Å²) in [5, 5.41) is 14.4. The molecule has 0 amide bonds. The zero-order chi connectivity index (χ0) is 24.1. The van der Waals surface area contributed by atoms with Gasteiger partial charge in [0.1, 0.15) is 17.9 Å². The van der Waals surface area contributed by atoms with E-state index in [4.69, 9.17) is 16.3 Å². The number of nitro groups is 1. The standard InChI is InChI=1S/C20H16ClF3N2O6/c1-11(2)25-32-18(27)10-16(26(29)30)19(28)12-4-3-5-14(8-12)31-17-7-6-13(9-15(17)21)20(22,23)24/h3-9,16H,10H2,1-2H3. The Labute approximate surface area is 184 Å². The zero-order valence-electron chi connectivity index (χ0n) is 16.7. The number of rotatable bonds is 8. The zero-order valence-corrected chi connectivity index (χ0v) is 17.4. The third-order valence-electron chi connectivity index (χ3n) is 3.85. The molecule has 0 aromatic heterocycles. The number of hydrogen-bond acceptors (Lipinski definition) is 7. The van der Waals surface area contributed by atoms with Gasteiger partial charge in [-0.25, -0.2) is 4.79 Å². The van der Waals surface area contributed by atoms with Crippen molar-refractivity contribution in [3.63, 3.8) is 0 Å². The molecule has 0 radical (unpaired) electrons. The Morgan fingerprint density at radius 2 is 1.88 bits per heavy atom. The number of ketones is 1. The third kappa shape index (κ3) is 6.77. The molecule has 0 saturated heterocycles. The van der Waals surface area contributed by atoms with Crippen LogP contribution in [0, 0.1) is 10.1 Å². The Morgan fingerprint density at radius 3 is 2.44 bits per heavy atom. The molecule has 2 aromatic carbocycles. The number of alkyl halides is 3. The minimum absolute atomic E-state index is 0.00612. The molecular weight excluding hydrogens is 457 g/mol. The molecule has 0 fully saturated rings. The summed E-state index contributed by atoms with van der Waals surface area (Å²) in [6.45, 7) is 3.08. The first-order chi connectivity index (χ1) is 14.9. The van der Waals surface area contributed by atoms with Gasteiger partial charge < -0.3 is 9.57 Å². The van der Waals surface area contributed by atoms with Crippen molar-refractivity contribution in [2.45, 2.75) is 32.5 Å². The monoisotopic (exact) mass is 472 g/mol. The largest absolute Gasteiger partial charge is 0.456 e. The summed E-state index contributed by atoms with van der Waals surface area (Å²) >= 11 is 5.85. The van der Waals surface area contributed by atoms with Crippen LogP contribution in [0.1, 0.15) is 36.2 Å². The Morgan fingerprint density at radius 1 is 1.19 bits per heavy atom. The van der Waals surface area contributed by atoms with E-state index >= 15 is 0 Å². The molecule has 12 heteroatoms. The molecule has 1 atom stereocenters. The van der Waals surface area contributed by atoms with E-state index in [1.165, 1.54) is 32.0 Å². The van der Waals surface area contributed by atoms with E-state index in [0.717, 1.165) is 18.2 Å². The lowest BCUT2D eigenvalue weighted by molar-refractivity contribution is -0.504. The van der Waals surface area contributed by atoms with E-state index in [2.05, 4.69) is 9.99 Å². The molecule has 2 aromatic rings. The van der Waals surface area contributed by atoms with Gasteiger partial charge >= 0.3 is 12.1 Å². The van der Waals surface area contributed by atoms with Gasteiger partial charge in [0.05, 0.1) is 16.3 Å². The van der Waals surface area contributed by atoms with E-state index < -0.39 is 40.9 Å². The summed E-state index contributed by atoms with van der Waals surface area (Å²) in [4.78, 5) is 39.2. The minimum Gasteiger partial charge on any atom is -0.456 e. The molecule has 0 aliphatic carbocycles. The maximum atomic E-state index is 12.8. The number of halogens is 4. The fourth-order valence-corrected chi connectivity index (χ4v) is 2.61. The van der Waals surface area contributed by atoms with E-state index in [1.807, 2.05) is 0 Å². The minimum atomic E-state index is -4.59. The van der Waals surface area contributed by atoms with Crippen molar-refractivity contribution < 1.29 is 37.3 Å². The Bertz CT molecular complexity index is 1070. The number of carbonyl (C=O) groups excluding carboxylic acids is 2. The first-order valence-corrected chi connectivity index (χ1v) is 9.29. The molecule has 170 valence electrons. The van der Waals surface area contributed by atoms with E-state index in [9.17, 15) is 32.9 Å². The van der Waals surface area contributed by atoms with E-state index in [-0.39, 0.29) is 22.1 Å². The summed E-state index contributed by atoms with van der Waals surface area (Å²) in [6, 6.07) is 5.66. The molecule has 0 saturated carbocycles. The topological polar surface area (TPSA) is 108 Å². The number of benzene rings is 2. The highest BCUT2D eigenvalue weighted by atomic mass is 35.5. The lowest BCUT2D eigenvalue weighted by Crippen LogP contribution is -2.32. The number of carbonyl (C=O) groups is 2. The van der Waals surface area contributed by atoms with Crippen LogP contribution < -0.4 is 4.74 Å². The highest BCUT2D eigenvalue weighted by Gasteiger charge is 2.34. The fraction of sp³-hybridized carbons (Fsp3) is 0.250. The van der Waals surface area contributed by atoms with Crippen LogP contribution in [-0.4, -0.2) is 28.4 Å². The number of oxime groups is 1. The molecule has 8 nitrogen and oxygen atoms in total. The molecule has 32 heavy (non-hydrogen) atoms. The maximum Gasteiger partial charge on any atom is 0.416 e. The van der Waals surface area contributed by atoms with Gasteiger partial charge in [0.2, 0.25) is 5.78 Å². The SMILES string of the molecule is CC(C)=NOC(=O)CC(C(=O)c1cccc(Oc2ccc(C(F)(F)F)cc2Cl)c1)[N+](=O)[O-]. The second kappa shape index (κ2) is 10.2. The summed E-state index contributed by atoms with van der Waals surface area (Å²) in [5.41, 5.74) is -0.730. The number of hydrogen-bond donors (Lipinski definition) is 0. The molecule has 0 aliphatic heterocycles. The molecule has 0 bridgehead atoms. The highest BCUT2D eigenvalue weighted by molar-refractivity contribution is 6.32. The number of Topliss-reactive ketones (excluding diaryl/α,β-unsaturated/α-hetero) is 1. The van der Waals surface area contributed by atoms with Crippen LogP contribution in [0.5, 0.6) is 11.5 Å².